The second-order valence-corrected chi connectivity index (χ2v) is 5.91. The van der Waals surface area contributed by atoms with Crippen molar-refractivity contribution in [2.45, 2.75) is 13.1 Å². The molecule has 0 spiro atoms. The second kappa shape index (κ2) is 6.04. The summed E-state index contributed by atoms with van der Waals surface area (Å²) in [6, 6.07) is 13.2. The first-order valence-corrected chi connectivity index (χ1v) is 7.78. The molecule has 1 aromatic heterocycles. The summed E-state index contributed by atoms with van der Waals surface area (Å²) in [4.78, 5) is 0. The van der Waals surface area contributed by atoms with Crippen LogP contribution < -0.4 is 5.43 Å². The fourth-order valence-corrected chi connectivity index (χ4v) is 3.29. The van der Waals surface area contributed by atoms with Gasteiger partial charge in [0.2, 0.25) is 0 Å². The summed E-state index contributed by atoms with van der Waals surface area (Å²) >= 11 is 1.58. The van der Waals surface area contributed by atoms with E-state index in [1.54, 1.807) is 24.3 Å². The molecular weight excluding hydrogens is 321 g/mol. The van der Waals surface area contributed by atoms with E-state index in [-0.39, 0.29) is 5.69 Å². The average molecular weight is 334 g/mol. The molecule has 3 aromatic rings. The number of halogens is 3. The van der Waals surface area contributed by atoms with Gasteiger partial charge in [-0.15, -0.1) is 11.3 Å². The molecule has 0 bridgehead atoms. The van der Waals surface area contributed by atoms with Crippen LogP contribution in [0, 0.1) is 0 Å². The molecule has 0 atom stereocenters. The number of thiophene rings is 1. The molecule has 1 N–H and O–H groups in total. The molecule has 0 aliphatic carbocycles. The Bertz CT molecular complexity index is 865. The minimum Gasteiger partial charge on any atom is -0.278 e. The smallest absolute Gasteiger partial charge is 0.278 e. The third-order valence-corrected chi connectivity index (χ3v) is 4.41. The number of nitrogens with one attached hydrogen (secondary N) is 1. The van der Waals surface area contributed by atoms with Crippen LogP contribution in [0.25, 0.3) is 10.1 Å². The highest BCUT2D eigenvalue weighted by Crippen LogP contribution is 2.34. The Hall–Kier alpha value is -2.34. The molecule has 0 aliphatic heterocycles. The Morgan fingerprint density at radius 3 is 2.52 bits per heavy atom. The molecule has 0 radical (unpaired) electrons. The fourth-order valence-electron chi connectivity index (χ4n) is 2.29. The van der Waals surface area contributed by atoms with E-state index >= 15 is 0 Å². The van der Waals surface area contributed by atoms with Gasteiger partial charge in [0.15, 0.2) is 0 Å². The topological polar surface area (TPSA) is 24.4 Å². The SMILES string of the molecule is C/C(=N/Nc1ccccc1C(F)(F)F)c1csc2ccccc12. The number of fused-ring (bicyclic) bond motifs is 1. The molecule has 118 valence electrons. The summed E-state index contributed by atoms with van der Waals surface area (Å²) in [5.74, 6) is 0. The second-order valence-electron chi connectivity index (χ2n) is 5.00. The van der Waals surface area contributed by atoms with Crippen molar-refractivity contribution in [2.75, 3.05) is 5.43 Å². The summed E-state index contributed by atoms with van der Waals surface area (Å²) in [5, 5.41) is 7.14. The number of nitrogens with zero attached hydrogens (tertiary/aromatic N) is 1. The molecule has 1 heterocycles. The number of alkyl halides is 3. The first-order chi connectivity index (χ1) is 11.0. The molecule has 6 heteroatoms. The van der Waals surface area contributed by atoms with E-state index in [0.29, 0.717) is 5.71 Å². The number of hydrazone groups is 1. The van der Waals surface area contributed by atoms with Crippen molar-refractivity contribution in [3.63, 3.8) is 0 Å². The van der Waals surface area contributed by atoms with Gasteiger partial charge in [-0.2, -0.15) is 18.3 Å². The minimum absolute atomic E-state index is 0.0566. The number of rotatable bonds is 3. The molecule has 23 heavy (non-hydrogen) atoms. The third kappa shape index (κ3) is 3.22. The lowest BCUT2D eigenvalue weighted by atomic mass is 10.1. The van der Waals surface area contributed by atoms with E-state index in [4.69, 9.17) is 0 Å². The molecule has 0 aliphatic rings. The van der Waals surface area contributed by atoms with Crippen molar-refractivity contribution < 1.29 is 13.2 Å². The lowest BCUT2D eigenvalue weighted by molar-refractivity contribution is -0.136. The van der Waals surface area contributed by atoms with Crippen molar-refractivity contribution in [1.82, 2.24) is 0 Å². The highest BCUT2D eigenvalue weighted by Gasteiger charge is 2.33. The molecule has 0 fully saturated rings. The summed E-state index contributed by atoms with van der Waals surface area (Å²) in [6.45, 7) is 1.78. The van der Waals surface area contributed by atoms with Crippen molar-refractivity contribution in [2.24, 2.45) is 5.10 Å². The maximum absolute atomic E-state index is 13.0. The first-order valence-electron chi connectivity index (χ1n) is 6.90. The Balaban J connectivity index is 1.92. The fraction of sp³-hybridized carbons (Fsp3) is 0.118. The zero-order valence-electron chi connectivity index (χ0n) is 12.2. The predicted octanol–water partition coefficient (Wildman–Crippen LogP) is 5.76. The molecule has 0 amide bonds. The number of hydrogen-bond donors (Lipinski definition) is 1. The van der Waals surface area contributed by atoms with E-state index in [0.717, 1.165) is 21.7 Å². The summed E-state index contributed by atoms with van der Waals surface area (Å²) in [5.41, 5.74) is 3.32. The van der Waals surface area contributed by atoms with Gasteiger partial charge in [0, 0.05) is 21.0 Å². The first kappa shape index (κ1) is 15.6. The van der Waals surface area contributed by atoms with Gasteiger partial charge in [-0.1, -0.05) is 30.3 Å². The van der Waals surface area contributed by atoms with E-state index in [9.17, 15) is 13.2 Å². The van der Waals surface area contributed by atoms with Gasteiger partial charge >= 0.3 is 6.18 Å². The van der Waals surface area contributed by atoms with Gasteiger partial charge in [-0.05, 0) is 25.1 Å². The Morgan fingerprint density at radius 2 is 1.74 bits per heavy atom. The molecule has 3 rings (SSSR count). The highest BCUT2D eigenvalue weighted by atomic mass is 32.1. The van der Waals surface area contributed by atoms with Crippen LogP contribution in [0.15, 0.2) is 59.0 Å². The molecule has 0 unspecified atom stereocenters. The normalized spacial score (nSPS) is 12.6. The third-order valence-electron chi connectivity index (χ3n) is 3.45. The Kier molecular flexibility index (Phi) is 4.09. The molecule has 0 saturated carbocycles. The lowest BCUT2D eigenvalue weighted by Gasteiger charge is -2.12. The summed E-state index contributed by atoms with van der Waals surface area (Å²) in [6.07, 6.45) is -4.41. The van der Waals surface area contributed by atoms with E-state index < -0.39 is 11.7 Å². The van der Waals surface area contributed by atoms with Gasteiger partial charge < -0.3 is 0 Å². The zero-order valence-corrected chi connectivity index (χ0v) is 13.0. The average Bonchev–Trinajstić information content (AvgIpc) is 2.96. The van der Waals surface area contributed by atoms with E-state index in [2.05, 4.69) is 10.5 Å². The van der Waals surface area contributed by atoms with Crippen molar-refractivity contribution in [3.8, 4) is 0 Å². The van der Waals surface area contributed by atoms with Gasteiger partial charge in [-0.25, -0.2) is 0 Å². The standard InChI is InChI=1S/C17H13F3N2S/c1-11(13-10-23-16-9-5-2-6-12(13)16)21-22-15-8-4-3-7-14(15)17(18,19)20/h2-10,22H,1H3/b21-11-. The largest absolute Gasteiger partial charge is 0.418 e. The van der Waals surface area contributed by atoms with Crippen molar-refractivity contribution in [3.05, 3.63) is 65.0 Å². The van der Waals surface area contributed by atoms with Crippen LogP contribution in [-0.2, 0) is 6.18 Å². The summed E-state index contributed by atoms with van der Waals surface area (Å²) < 4.78 is 40.0. The van der Waals surface area contributed by atoms with Crippen LogP contribution in [-0.4, -0.2) is 5.71 Å². The molecular formula is C17H13F3N2S. The molecule has 2 aromatic carbocycles. The van der Waals surface area contributed by atoms with E-state index in [1.165, 1.54) is 12.1 Å². The predicted molar refractivity (Wildman–Crippen MR) is 89.1 cm³/mol. The monoisotopic (exact) mass is 334 g/mol. The van der Waals surface area contributed by atoms with Crippen LogP contribution >= 0.6 is 11.3 Å². The van der Waals surface area contributed by atoms with Gasteiger partial charge in [0.05, 0.1) is 17.0 Å². The van der Waals surface area contributed by atoms with E-state index in [1.807, 2.05) is 29.6 Å². The highest BCUT2D eigenvalue weighted by molar-refractivity contribution is 7.17. The maximum atomic E-state index is 13.0. The number of benzene rings is 2. The lowest BCUT2D eigenvalue weighted by Crippen LogP contribution is -2.09. The van der Waals surface area contributed by atoms with Crippen LogP contribution in [0.3, 0.4) is 0 Å². The maximum Gasteiger partial charge on any atom is 0.418 e. The van der Waals surface area contributed by atoms with Crippen molar-refractivity contribution >= 4 is 32.8 Å². The molecule has 2 nitrogen and oxygen atoms in total. The van der Waals surface area contributed by atoms with Crippen LogP contribution in [0.4, 0.5) is 18.9 Å². The minimum atomic E-state index is -4.41. The zero-order chi connectivity index (χ0) is 16.4. The van der Waals surface area contributed by atoms with Gasteiger partial charge in [0.25, 0.3) is 0 Å². The van der Waals surface area contributed by atoms with Gasteiger partial charge in [0.1, 0.15) is 0 Å². The van der Waals surface area contributed by atoms with Gasteiger partial charge in [-0.3, -0.25) is 5.43 Å². The Labute approximate surface area is 135 Å². The van der Waals surface area contributed by atoms with Crippen molar-refractivity contribution in [1.29, 1.82) is 0 Å². The number of anilines is 1. The quantitative estimate of drug-likeness (QED) is 0.478. The number of hydrogen-bond acceptors (Lipinski definition) is 3. The van der Waals surface area contributed by atoms with Crippen LogP contribution in [0.2, 0.25) is 0 Å². The molecule has 0 saturated heterocycles. The summed E-state index contributed by atoms with van der Waals surface area (Å²) in [7, 11) is 0. The van der Waals surface area contributed by atoms with Crippen LogP contribution in [0.5, 0.6) is 0 Å². The number of para-hydroxylation sites is 1. The van der Waals surface area contributed by atoms with Crippen LogP contribution in [0.1, 0.15) is 18.1 Å². The Morgan fingerprint density at radius 1 is 1.04 bits per heavy atom.